The van der Waals surface area contributed by atoms with Gasteiger partial charge in [0.2, 0.25) is 9.23 Å². The molecule has 0 aromatic carbocycles. The highest BCUT2D eigenvalue weighted by molar-refractivity contribution is 8.26. The van der Waals surface area contributed by atoms with Gasteiger partial charge in [-0.1, -0.05) is 0 Å². The summed E-state index contributed by atoms with van der Waals surface area (Å²) in [5, 5.41) is 8.12. The Morgan fingerprint density at radius 1 is 1.12 bits per heavy atom. The van der Waals surface area contributed by atoms with Crippen LogP contribution in [-0.4, -0.2) is 49.2 Å². The molecule has 0 atom stereocenters. The molecule has 0 rings (SSSR count). The van der Waals surface area contributed by atoms with Gasteiger partial charge in [0.1, 0.15) is 0 Å². The lowest BCUT2D eigenvalue weighted by Gasteiger charge is -1.89. The van der Waals surface area contributed by atoms with Crippen molar-refractivity contribution < 1.29 is 18.8 Å². The first-order valence-corrected chi connectivity index (χ1v) is 7.79. The number of methoxy groups -OCH3 is 2. The predicted molar refractivity (Wildman–Crippen MR) is 70.6 cm³/mol. The molecule has 8 heteroatoms. The Balaban J connectivity index is -0.000000162. The van der Waals surface area contributed by atoms with E-state index in [0.717, 1.165) is 19.4 Å². The number of aliphatic hydroxyl groups excluding tert-OH is 1. The van der Waals surface area contributed by atoms with Crippen LogP contribution in [0.4, 0.5) is 0 Å². The highest BCUT2D eigenvalue weighted by atomic mass is 36.0. The monoisotopic (exact) mass is 316 g/mol. The summed E-state index contributed by atoms with van der Waals surface area (Å²) in [5.74, 6) is 0.702. The molecular weight excluding hydrogens is 299 g/mol. The number of alkyl halides is 1. The van der Waals surface area contributed by atoms with Crippen molar-refractivity contribution in [1.29, 1.82) is 0 Å². The van der Waals surface area contributed by atoms with Gasteiger partial charge in [0.05, 0.1) is 0 Å². The van der Waals surface area contributed by atoms with Gasteiger partial charge in [-0.05, 0) is 12.8 Å². The first kappa shape index (κ1) is 22.1. The molecule has 0 heterocycles. The summed E-state index contributed by atoms with van der Waals surface area (Å²) in [7, 11) is 10.7. The Hall–Kier alpha value is 0.900. The fourth-order valence-electron chi connectivity index (χ4n) is 0.408. The van der Waals surface area contributed by atoms with Gasteiger partial charge in [0.15, 0.2) is 0 Å². The first-order valence-electron chi connectivity index (χ1n) is 4.45. The zero-order chi connectivity index (χ0) is 13.2. The lowest BCUT2D eigenvalue weighted by atomic mass is 10.5. The normalized spacial score (nSPS) is 8.94. The van der Waals surface area contributed by atoms with Crippen molar-refractivity contribution in [2.45, 2.75) is 12.8 Å². The van der Waals surface area contributed by atoms with Crippen molar-refractivity contribution in [1.82, 2.24) is 0 Å². The van der Waals surface area contributed by atoms with Crippen molar-refractivity contribution in [3.05, 3.63) is 0 Å². The summed E-state index contributed by atoms with van der Waals surface area (Å²) in [6.45, 7) is 1.67. The standard InChI is InChI=1S/C4H9ClO.C4H10O2.Cl2OS/c2*1-6-4-2-3-5;1-4(2)3/h2-4H2,1H3;5H,2-4H2,1H3;. The fourth-order valence-corrected chi connectivity index (χ4v) is 0.517. The van der Waals surface area contributed by atoms with Crippen molar-refractivity contribution in [3.8, 4) is 0 Å². The summed E-state index contributed by atoms with van der Waals surface area (Å²) >= 11 is 5.30. The van der Waals surface area contributed by atoms with Crippen LogP contribution in [0.25, 0.3) is 0 Å². The third-order valence-corrected chi connectivity index (χ3v) is 1.26. The number of ether oxygens (including phenoxy) is 2. The fraction of sp³-hybridized carbons (Fsp3) is 1.00. The van der Waals surface area contributed by atoms with Gasteiger partial charge in [-0.2, -0.15) is 0 Å². The van der Waals surface area contributed by atoms with Crippen molar-refractivity contribution in [3.63, 3.8) is 0 Å². The Bertz CT molecular complexity index is 110. The Labute approximate surface area is 114 Å². The van der Waals surface area contributed by atoms with Crippen LogP contribution in [0.1, 0.15) is 12.8 Å². The van der Waals surface area contributed by atoms with E-state index in [-0.39, 0.29) is 6.61 Å². The maximum atomic E-state index is 9.09. The molecule has 0 fully saturated rings. The van der Waals surface area contributed by atoms with Gasteiger partial charge in [-0.3, -0.25) is 0 Å². The number of rotatable bonds is 6. The third kappa shape index (κ3) is 60.5. The zero-order valence-corrected chi connectivity index (χ0v) is 12.5. The van der Waals surface area contributed by atoms with Crippen LogP contribution >= 0.6 is 33.0 Å². The largest absolute Gasteiger partial charge is 0.396 e. The van der Waals surface area contributed by atoms with E-state index in [1.165, 1.54) is 0 Å². The molecular formula is C8H19Cl3O4S. The molecule has 0 saturated carbocycles. The molecule has 4 nitrogen and oxygen atoms in total. The van der Waals surface area contributed by atoms with Crippen LogP contribution in [0, 0.1) is 0 Å². The highest BCUT2D eigenvalue weighted by Gasteiger charge is 1.76. The summed E-state index contributed by atoms with van der Waals surface area (Å²) < 4.78 is 18.4. The molecule has 0 amide bonds. The predicted octanol–water partition coefficient (Wildman–Crippen LogP) is 2.32. The average molecular weight is 318 g/mol. The van der Waals surface area contributed by atoms with Crippen LogP contribution in [0.5, 0.6) is 0 Å². The van der Waals surface area contributed by atoms with Gasteiger partial charge in [-0.25, -0.2) is 4.21 Å². The average Bonchev–Trinajstić information content (AvgIpc) is 2.23. The summed E-state index contributed by atoms with van der Waals surface area (Å²) in [6.07, 6.45) is 1.70. The number of hydrogen-bond acceptors (Lipinski definition) is 4. The van der Waals surface area contributed by atoms with E-state index < -0.39 is 9.23 Å². The van der Waals surface area contributed by atoms with E-state index in [4.69, 9.17) is 25.7 Å². The molecule has 1 N–H and O–H groups in total. The summed E-state index contributed by atoms with van der Waals surface area (Å²) in [6, 6.07) is 0. The van der Waals surface area contributed by atoms with E-state index in [2.05, 4.69) is 26.1 Å². The number of aliphatic hydroxyl groups is 1. The van der Waals surface area contributed by atoms with Crippen LogP contribution in [0.15, 0.2) is 0 Å². The molecule has 0 bridgehead atoms. The number of hydrogen-bond donors (Lipinski definition) is 1. The third-order valence-electron chi connectivity index (χ3n) is 0.989. The molecule has 0 aromatic heterocycles. The van der Waals surface area contributed by atoms with Gasteiger partial charge < -0.3 is 14.6 Å². The topological polar surface area (TPSA) is 55.8 Å². The SMILES string of the molecule is COCCCCl.COCCCO.O=S(Cl)Cl. The highest BCUT2D eigenvalue weighted by Crippen LogP contribution is 1.89. The van der Waals surface area contributed by atoms with Crippen LogP contribution < -0.4 is 0 Å². The van der Waals surface area contributed by atoms with Crippen LogP contribution in [0.2, 0.25) is 0 Å². The van der Waals surface area contributed by atoms with Crippen LogP contribution in [-0.2, 0) is 18.7 Å². The smallest absolute Gasteiger partial charge is 0.211 e. The second-order valence-electron chi connectivity index (χ2n) is 2.29. The van der Waals surface area contributed by atoms with E-state index in [9.17, 15) is 0 Å². The lowest BCUT2D eigenvalue weighted by Crippen LogP contribution is -1.90. The van der Waals surface area contributed by atoms with Gasteiger partial charge in [0.25, 0.3) is 0 Å². The molecule has 0 aromatic rings. The molecule has 0 saturated heterocycles. The Morgan fingerprint density at radius 3 is 1.62 bits per heavy atom. The van der Waals surface area contributed by atoms with Crippen molar-refractivity contribution in [2.24, 2.45) is 0 Å². The van der Waals surface area contributed by atoms with Crippen LogP contribution in [0.3, 0.4) is 0 Å². The van der Waals surface area contributed by atoms with Crippen molar-refractivity contribution >= 4 is 42.2 Å². The maximum Gasteiger partial charge on any atom is 0.211 e. The number of halogens is 3. The second-order valence-corrected chi connectivity index (χ2v) is 5.19. The molecule has 102 valence electrons. The zero-order valence-electron chi connectivity index (χ0n) is 9.46. The van der Waals surface area contributed by atoms with Crippen molar-refractivity contribution in [2.75, 3.05) is 39.9 Å². The Kier molecular flexibility index (Phi) is 34.5. The molecule has 16 heavy (non-hydrogen) atoms. The minimum absolute atomic E-state index is 0.230. The molecule has 0 radical (unpaired) electrons. The molecule has 0 unspecified atom stereocenters. The molecule has 0 spiro atoms. The first-order chi connectivity index (χ1) is 7.56. The van der Waals surface area contributed by atoms with E-state index >= 15 is 0 Å². The minimum atomic E-state index is -1.67. The van der Waals surface area contributed by atoms with E-state index in [0.29, 0.717) is 12.5 Å². The van der Waals surface area contributed by atoms with Gasteiger partial charge >= 0.3 is 0 Å². The lowest BCUT2D eigenvalue weighted by molar-refractivity contribution is 0.166. The van der Waals surface area contributed by atoms with E-state index in [1.54, 1.807) is 14.2 Å². The quantitative estimate of drug-likeness (QED) is 0.464. The second kappa shape index (κ2) is 24.9. The van der Waals surface area contributed by atoms with Gasteiger partial charge in [-0.15, -0.1) is 11.6 Å². The minimum Gasteiger partial charge on any atom is -0.396 e. The molecule has 0 aliphatic heterocycles. The Morgan fingerprint density at radius 2 is 1.50 bits per heavy atom. The van der Waals surface area contributed by atoms with E-state index in [1.807, 2.05) is 0 Å². The summed E-state index contributed by atoms with van der Waals surface area (Å²) in [5.41, 5.74) is 0. The summed E-state index contributed by atoms with van der Waals surface area (Å²) in [4.78, 5) is 0. The maximum absolute atomic E-state index is 9.09. The molecule has 0 aliphatic carbocycles. The molecule has 0 aliphatic rings. The van der Waals surface area contributed by atoms with Gasteiger partial charge in [0, 0.05) is 61.3 Å².